The summed E-state index contributed by atoms with van der Waals surface area (Å²) in [5.41, 5.74) is 0. The molecule has 16 heavy (non-hydrogen) atoms. The summed E-state index contributed by atoms with van der Waals surface area (Å²) in [6.45, 7) is 2.73. The second kappa shape index (κ2) is 5.99. The number of nitrogens with zero attached hydrogens (tertiary/aromatic N) is 1. The molecule has 0 bridgehead atoms. The summed E-state index contributed by atoms with van der Waals surface area (Å²) in [4.78, 5) is 2.51. The van der Waals surface area contributed by atoms with Crippen LogP contribution in [0.5, 0.6) is 0 Å². The van der Waals surface area contributed by atoms with Crippen LogP contribution < -0.4 is 5.32 Å². The van der Waals surface area contributed by atoms with Crippen molar-refractivity contribution >= 4 is 0 Å². The van der Waals surface area contributed by atoms with Gasteiger partial charge in [0.05, 0.1) is 6.61 Å². The van der Waals surface area contributed by atoms with Gasteiger partial charge in [0.2, 0.25) is 0 Å². The molecule has 2 rings (SSSR count). The minimum atomic E-state index is 0.344. The second-order valence-corrected chi connectivity index (χ2v) is 5.41. The Kier molecular flexibility index (Phi) is 4.62. The van der Waals surface area contributed by atoms with Crippen LogP contribution in [-0.2, 0) is 0 Å². The van der Waals surface area contributed by atoms with Gasteiger partial charge < -0.3 is 10.4 Å². The molecule has 94 valence electrons. The SMILES string of the molecule is CNC1CCCCC1CN1CCCC1CO. The van der Waals surface area contributed by atoms with Crippen molar-refractivity contribution in [3.63, 3.8) is 0 Å². The molecule has 3 atom stereocenters. The lowest BCUT2D eigenvalue weighted by molar-refractivity contribution is 0.120. The third-order valence-electron chi connectivity index (χ3n) is 4.46. The third-order valence-corrected chi connectivity index (χ3v) is 4.46. The molecular weight excluding hydrogens is 200 g/mol. The predicted molar refractivity (Wildman–Crippen MR) is 66.5 cm³/mol. The molecule has 1 saturated heterocycles. The Hall–Kier alpha value is -0.120. The Balaban J connectivity index is 1.86. The molecule has 1 saturated carbocycles. The zero-order chi connectivity index (χ0) is 11.4. The monoisotopic (exact) mass is 226 g/mol. The fraction of sp³-hybridized carbons (Fsp3) is 1.00. The van der Waals surface area contributed by atoms with Gasteiger partial charge >= 0.3 is 0 Å². The van der Waals surface area contributed by atoms with E-state index < -0.39 is 0 Å². The third kappa shape index (κ3) is 2.76. The zero-order valence-electron chi connectivity index (χ0n) is 10.5. The number of aliphatic hydroxyl groups excluding tert-OH is 1. The Bertz CT molecular complexity index is 210. The summed E-state index contributed by atoms with van der Waals surface area (Å²) in [6, 6.07) is 1.15. The average Bonchev–Trinajstić information content (AvgIpc) is 2.77. The first-order valence-electron chi connectivity index (χ1n) is 6.87. The molecule has 0 aromatic heterocycles. The standard InChI is InChI=1S/C13H26N2O/c1-14-13-7-3-2-5-11(13)9-15-8-4-6-12(15)10-16/h11-14,16H,2-10H2,1H3. The van der Waals surface area contributed by atoms with Crippen LogP contribution in [0.1, 0.15) is 38.5 Å². The molecule has 3 nitrogen and oxygen atoms in total. The average molecular weight is 226 g/mol. The van der Waals surface area contributed by atoms with Gasteiger partial charge in [-0.2, -0.15) is 0 Å². The summed E-state index contributed by atoms with van der Waals surface area (Å²) >= 11 is 0. The van der Waals surface area contributed by atoms with Crippen molar-refractivity contribution in [1.82, 2.24) is 10.2 Å². The molecule has 2 N–H and O–H groups in total. The topological polar surface area (TPSA) is 35.5 Å². The highest BCUT2D eigenvalue weighted by Gasteiger charge is 2.30. The quantitative estimate of drug-likeness (QED) is 0.756. The Labute approximate surface area is 99.2 Å². The molecule has 1 aliphatic carbocycles. The lowest BCUT2D eigenvalue weighted by Crippen LogP contribution is -2.44. The van der Waals surface area contributed by atoms with E-state index in [2.05, 4.69) is 17.3 Å². The Morgan fingerprint density at radius 1 is 1.19 bits per heavy atom. The molecule has 0 aromatic rings. The highest BCUT2D eigenvalue weighted by atomic mass is 16.3. The van der Waals surface area contributed by atoms with E-state index in [1.807, 2.05) is 0 Å². The van der Waals surface area contributed by atoms with Crippen LogP contribution >= 0.6 is 0 Å². The van der Waals surface area contributed by atoms with E-state index in [9.17, 15) is 5.11 Å². The molecular formula is C13H26N2O. The van der Waals surface area contributed by atoms with Crippen LogP contribution in [0.2, 0.25) is 0 Å². The van der Waals surface area contributed by atoms with Gasteiger partial charge in [0, 0.05) is 18.6 Å². The fourth-order valence-corrected chi connectivity index (χ4v) is 3.45. The van der Waals surface area contributed by atoms with E-state index in [-0.39, 0.29) is 0 Å². The van der Waals surface area contributed by atoms with Gasteiger partial charge in [-0.25, -0.2) is 0 Å². The molecule has 3 heteroatoms. The number of aliphatic hydroxyl groups is 1. The van der Waals surface area contributed by atoms with Crippen molar-refractivity contribution in [3.8, 4) is 0 Å². The molecule has 2 aliphatic rings. The van der Waals surface area contributed by atoms with Crippen molar-refractivity contribution in [1.29, 1.82) is 0 Å². The largest absolute Gasteiger partial charge is 0.395 e. The van der Waals surface area contributed by atoms with Crippen molar-refractivity contribution in [3.05, 3.63) is 0 Å². The van der Waals surface area contributed by atoms with Crippen molar-refractivity contribution in [2.45, 2.75) is 50.6 Å². The minimum Gasteiger partial charge on any atom is -0.395 e. The predicted octanol–water partition coefficient (Wildman–Crippen LogP) is 1.22. The van der Waals surface area contributed by atoms with Gasteiger partial charge in [0.25, 0.3) is 0 Å². The first-order chi connectivity index (χ1) is 7.85. The maximum atomic E-state index is 9.33. The van der Waals surface area contributed by atoms with Crippen LogP contribution in [0.4, 0.5) is 0 Å². The fourth-order valence-electron chi connectivity index (χ4n) is 3.45. The van der Waals surface area contributed by atoms with Crippen molar-refractivity contribution < 1.29 is 5.11 Å². The summed E-state index contributed by atoms with van der Waals surface area (Å²) in [6.07, 6.45) is 7.92. The summed E-state index contributed by atoms with van der Waals surface area (Å²) in [5.74, 6) is 0.797. The van der Waals surface area contributed by atoms with E-state index in [1.54, 1.807) is 0 Å². The molecule has 0 amide bonds. The lowest BCUT2D eigenvalue weighted by atomic mass is 9.84. The molecule has 1 heterocycles. The van der Waals surface area contributed by atoms with Crippen LogP contribution in [-0.4, -0.2) is 48.8 Å². The Morgan fingerprint density at radius 3 is 2.75 bits per heavy atom. The number of hydrogen-bond donors (Lipinski definition) is 2. The molecule has 3 unspecified atom stereocenters. The summed E-state index contributed by atoms with van der Waals surface area (Å²) in [7, 11) is 2.09. The van der Waals surface area contributed by atoms with Gasteiger partial charge in [-0.05, 0) is 45.2 Å². The highest BCUT2D eigenvalue weighted by Crippen LogP contribution is 2.27. The van der Waals surface area contributed by atoms with Gasteiger partial charge in [-0.15, -0.1) is 0 Å². The highest BCUT2D eigenvalue weighted by molar-refractivity contribution is 4.86. The number of rotatable bonds is 4. The maximum Gasteiger partial charge on any atom is 0.0586 e. The zero-order valence-corrected chi connectivity index (χ0v) is 10.5. The molecule has 0 spiro atoms. The number of nitrogens with one attached hydrogen (secondary N) is 1. The van der Waals surface area contributed by atoms with Gasteiger partial charge in [-0.1, -0.05) is 12.8 Å². The van der Waals surface area contributed by atoms with Gasteiger partial charge in [0.1, 0.15) is 0 Å². The Morgan fingerprint density at radius 2 is 2.00 bits per heavy atom. The molecule has 0 aromatic carbocycles. The van der Waals surface area contributed by atoms with Gasteiger partial charge in [0.15, 0.2) is 0 Å². The van der Waals surface area contributed by atoms with Crippen LogP contribution in [0, 0.1) is 5.92 Å². The summed E-state index contributed by atoms with van der Waals surface area (Å²) < 4.78 is 0. The van der Waals surface area contributed by atoms with E-state index in [4.69, 9.17) is 0 Å². The van der Waals surface area contributed by atoms with Gasteiger partial charge in [-0.3, -0.25) is 4.90 Å². The van der Waals surface area contributed by atoms with Crippen LogP contribution in [0.3, 0.4) is 0 Å². The summed E-state index contributed by atoms with van der Waals surface area (Å²) in [5, 5.41) is 12.8. The van der Waals surface area contributed by atoms with Crippen LogP contribution in [0.15, 0.2) is 0 Å². The van der Waals surface area contributed by atoms with Crippen LogP contribution in [0.25, 0.3) is 0 Å². The molecule has 0 radical (unpaired) electrons. The van der Waals surface area contributed by atoms with E-state index in [0.29, 0.717) is 18.7 Å². The number of hydrogen-bond acceptors (Lipinski definition) is 3. The smallest absolute Gasteiger partial charge is 0.0586 e. The van der Waals surface area contributed by atoms with Crippen molar-refractivity contribution in [2.75, 3.05) is 26.7 Å². The molecule has 1 aliphatic heterocycles. The number of likely N-dealkylation sites (tertiary alicyclic amines) is 1. The van der Waals surface area contributed by atoms with E-state index in [0.717, 1.165) is 5.92 Å². The van der Waals surface area contributed by atoms with E-state index >= 15 is 0 Å². The van der Waals surface area contributed by atoms with E-state index in [1.165, 1.54) is 51.6 Å². The normalized spacial score (nSPS) is 36.8. The van der Waals surface area contributed by atoms with Crippen molar-refractivity contribution in [2.24, 2.45) is 5.92 Å². The molecule has 2 fully saturated rings. The second-order valence-electron chi connectivity index (χ2n) is 5.41. The lowest BCUT2D eigenvalue weighted by Gasteiger charge is -2.35. The first kappa shape index (κ1) is 12.3. The minimum absolute atomic E-state index is 0.344. The maximum absolute atomic E-state index is 9.33. The first-order valence-corrected chi connectivity index (χ1v) is 6.87.